The number of nitrogens with zero attached hydrogens (tertiary/aromatic N) is 3. The second kappa shape index (κ2) is 5.35. The molecule has 0 bridgehead atoms. The van der Waals surface area contributed by atoms with Gasteiger partial charge in [-0.1, -0.05) is 11.6 Å². The van der Waals surface area contributed by atoms with Crippen molar-refractivity contribution in [1.82, 2.24) is 14.6 Å². The van der Waals surface area contributed by atoms with Crippen LogP contribution in [0.5, 0.6) is 0 Å². The number of carbonyl (C=O) groups excluding carboxylic acids is 1. The lowest BCUT2D eigenvalue weighted by Gasteiger charge is -2.11. The highest BCUT2D eigenvalue weighted by atomic mass is 35.5. The van der Waals surface area contributed by atoms with E-state index in [9.17, 15) is 4.79 Å². The Morgan fingerprint density at radius 3 is 3.11 bits per heavy atom. The van der Waals surface area contributed by atoms with Crippen LogP contribution in [0.15, 0.2) is 18.3 Å². The molecule has 0 saturated heterocycles. The van der Waals surface area contributed by atoms with Crippen LogP contribution in [0.25, 0.3) is 5.65 Å². The molecule has 96 valence electrons. The minimum atomic E-state index is -0.264. The molecular weight excluding hydrogens is 254 g/mol. The zero-order chi connectivity index (χ0) is 13.1. The Bertz CT molecular complexity index is 567. The Hall–Kier alpha value is -1.62. The summed E-state index contributed by atoms with van der Waals surface area (Å²) in [6.45, 7) is 3.27. The number of rotatable bonds is 4. The standard InChI is InChI=1S/C12H14ClN3O2/c1-8(18-9(2)17)3-4-10-7-11(13)16-12(15-10)5-6-14-16/h5-8H,3-4H2,1-2H3. The third-order valence-corrected chi connectivity index (χ3v) is 2.81. The van der Waals surface area contributed by atoms with E-state index in [0.29, 0.717) is 18.0 Å². The average molecular weight is 268 g/mol. The molecule has 5 nitrogen and oxygen atoms in total. The summed E-state index contributed by atoms with van der Waals surface area (Å²) in [5.41, 5.74) is 1.59. The first-order valence-corrected chi connectivity index (χ1v) is 6.10. The minimum absolute atomic E-state index is 0.121. The lowest BCUT2D eigenvalue weighted by atomic mass is 10.1. The SMILES string of the molecule is CC(=O)OC(C)CCc1cc(Cl)n2nccc2n1. The van der Waals surface area contributed by atoms with E-state index in [0.717, 1.165) is 11.3 Å². The van der Waals surface area contributed by atoms with Crippen LogP contribution in [0.4, 0.5) is 0 Å². The van der Waals surface area contributed by atoms with Crippen molar-refractivity contribution in [2.45, 2.75) is 32.8 Å². The van der Waals surface area contributed by atoms with E-state index in [2.05, 4.69) is 10.1 Å². The van der Waals surface area contributed by atoms with Crippen LogP contribution in [-0.4, -0.2) is 26.7 Å². The topological polar surface area (TPSA) is 56.5 Å². The summed E-state index contributed by atoms with van der Waals surface area (Å²) in [6, 6.07) is 3.58. The normalized spacial score (nSPS) is 12.6. The minimum Gasteiger partial charge on any atom is -0.463 e. The summed E-state index contributed by atoms with van der Waals surface area (Å²) < 4.78 is 6.63. The maximum atomic E-state index is 10.8. The lowest BCUT2D eigenvalue weighted by Crippen LogP contribution is -2.13. The molecule has 18 heavy (non-hydrogen) atoms. The van der Waals surface area contributed by atoms with Gasteiger partial charge >= 0.3 is 5.97 Å². The largest absolute Gasteiger partial charge is 0.463 e. The zero-order valence-electron chi connectivity index (χ0n) is 10.3. The highest BCUT2D eigenvalue weighted by Crippen LogP contribution is 2.14. The Balaban J connectivity index is 2.05. The fourth-order valence-corrected chi connectivity index (χ4v) is 2.00. The van der Waals surface area contributed by atoms with E-state index in [1.807, 2.05) is 6.92 Å². The number of aromatic nitrogens is 3. The van der Waals surface area contributed by atoms with Gasteiger partial charge in [-0.3, -0.25) is 4.79 Å². The molecule has 2 aromatic rings. The predicted molar refractivity (Wildman–Crippen MR) is 67.5 cm³/mol. The molecule has 1 atom stereocenters. The van der Waals surface area contributed by atoms with Crippen LogP contribution in [-0.2, 0) is 16.0 Å². The summed E-state index contributed by atoms with van der Waals surface area (Å²) in [5.74, 6) is -0.264. The van der Waals surface area contributed by atoms with Crippen molar-refractivity contribution >= 4 is 23.2 Å². The van der Waals surface area contributed by atoms with Crippen LogP contribution in [0, 0.1) is 0 Å². The first-order chi connectivity index (χ1) is 8.56. The molecule has 0 aliphatic heterocycles. The number of hydrogen-bond donors (Lipinski definition) is 0. The van der Waals surface area contributed by atoms with Crippen LogP contribution in [0.1, 0.15) is 26.0 Å². The van der Waals surface area contributed by atoms with E-state index in [4.69, 9.17) is 16.3 Å². The van der Waals surface area contributed by atoms with Gasteiger partial charge in [0.25, 0.3) is 0 Å². The monoisotopic (exact) mass is 267 g/mol. The molecule has 0 amide bonds. The van der Waals surface area contributed by atoms with E-state index in [1.54, 1.807) is 22.8 Å². The third kappa shape index (κ3) is 2.98. The maximum absolute atomic E-state index is 10.8. The van der Waals surface area contributed by atoms with Gasteiger partial charge in [0.05, 0.1) is 12.3 Å². The van der Waals surface area contributed by atoms with Gasteiger partial charge in [0.15, 0.2) is 5.65 Å². The summed E-state index contributed by atoms with van der Waals surface area (Å²) in [5, 5.41) is 4.57. The Morgan fingerprint density at radius 1 is 1.61 bits per heavy atom. The van der Waals surface area contributed by atoms with Gasteiger partial charge < -0.3 is 4.74 Å². The molecule has 2 rings (SSSR count). The fourth-order valence-electron chi connectivity index (χ4n) is 1.75. The smallest absolute Gasteiger partial charge is 0.302 e. The molecule has 0 fully saturated rings. The van der Waals surface area contributed by atoms with E-state index in [-0.39, 0.29) is 12.1 Å². The van der Waals surface area contributed by atoms with Crippen molar-refractivity contribution in [2.24, 2.45) is 0 Å². The van der Waals surface area contributed by atoms with Gasteiger partial charge in [0.1, 0.15) is 5.15 Å². The zero-order valence-corrected chi connectivity index (χ0v) is 11.0. The van der Waals surface area contributed by atoms with Gasteiger partial charge in [0, 0.05) is 18.7 Å². The second-order valence-corrected chi connectivity index (χ2v) is 4.52. The molecular formula is C12H14ClN3O2. The van der Waals surface area contributed by atoms with Gasteiger partial charge in [-0.25, -0.2) is 9.50 Å². The van der Waals surface area contributed by atoms with Gasteiger partial charge in [-0.15, -0.1) is 0 Å². The van der Waals surface area contributed by atoms with Crippen molar-refractivity contribution < 1.29 is 9.53 Å². The first kappa shape index (κ1) is 12.8. The summed E-state index contributed by atoms with van der Waals surface area (Å²) in [4.78, 5) is 15.2. The van der Waals surface area contributed by atoms with Crippen LogP contribution >= 0.6 is 11.6 Å². The molecule has 2 heterocycles. The van der Waals surface area contributed by atoms with Crippen molar-refractivity contribution in [2.75, 3.05) is 0 Å². The molecule has 0 aliphatic rings. The summed E-state index contributed by atoms with van der Waals surface area (Å²) >= 11 is 6.08. The van der Waals surface area contributed by atoms with Crippen molar-refractivity contribution in [3.8, 4) is 0 Å². The number of ether oxygens (including phenoxy) is 1. The number of esters is 1. The van der Waals surface area contributed by atoms with E-state index >= 15 is 0 Å². The highest BCUT2D eigenvalue weighted by molar-refractivity contribution is 6.29. The van der Waals surface area contributed by atoms with Crippen LogP contribution in [0.3, 0.4) is 0 Å². The lowest BCUT2D eigenvalue weighted by molar-refractivity contribution is -0.145. The average Bonchev–Trinajstić information content (AvgIpc) is 2.74. The van der Waals surface area contributed by atoms with Gasteiger partial charge in [-0.05, 0) is 25.8 Å². The van der Waals surface area contributed by atoms with E-state index < -0.39 is 0 Å². The van der Waals surface area contributed by atoms with Crippen molar-refractivity contribution in [1.29, 1.82) is 0 Å². The Morgan fingerprint density at radius 2 is 2.39 bits per heavy atom. The number of fused-ring (bicyclic) bond motifs is 1. The number of carbonyl (C=O) groups is 1. The third-order valence-electron chi connectivity index (χ3n) is 2.54. The molecule has 2 aromatic heterocycles. The molecule has 1 unspecified atom stereocenters. The fraction of sp³-hybridized carbons (Fsp3) is 0.417. The molecule has 0 N–H and O–H groups in total. The quantitative estimate of drug-likeness (QED) is 0.630. The van der Waals surface area contributed by atoms with Crippen molar-refractivity contribution in [3.63, 3.8) is 0 Å². The summed E-state index contributed by atoms with van der Waals surface area (Å²) in [7, 11) is 0. The first-order valence-electron chi connectivity index (χ1n) is 5.72. The van der Waals surface area contributed by atoms with E-state index in [1.165, 1.54) is 6.92 Å². The second-order valence-electron chi connectivity index (χ2n) is 4.13. The molecule has 0 radical (unpaired) electrons. The number of hydrogen-bond acceptors (Lipinski definition) is 4. The predicted octanol–water partition coefficient (Wildman–Crippen LogP) is 2.27. The Labute approximate surface area is 110 Å². The molecule has 6 heteroatoms. The molecule has 0 aliphatic carbocycles. The highest BCUT2D eigenvalue weighted by Gasteiger charge is 2.08. The van der Waals surface area contributed by atoms with Crippen LogP contribution in [0.2, 0.25) is 5.15 Å². The van der Waals surface area contributed by atoms with Crippen molar-refractivity contribution in [3.05, 3.63) is 29.2 Å². The maximum Gasteiger partial charge on any atom is 0.302 e. The molecule has 0 spiro atoms. The van der Waals surface area contributed by atoms with Gasteiger partial charge in [-0.2, -0.15) is 5.10 Å². The van der Waals surface area contributed by atoms with Crippen LogP contribution < -0.4 is 0 Å². The molecule has 0 aromatic carbocycles. The van der Waals surface area contributed by atoms with Gasteiger partial charge in [0.2, 0.25) is 0 Å². The Kier molecular flexibility index (Phi) is 3.81. The summed E-state index contributed by atoms with van der Waals surface area (Å²) in [6.07, 6.45) is 2.95. The number of aryl methyl sites for hydroxylation is 1. The molecule has 0 saturated carbocycles. The number of halogens is 1.